The topological polar surface area (TPSA) is 108 Å². The summed E-state index contributed by atoms with van der Waals surface area (Å²) in [7, 11) is 1.68. The van der Waals surface area contributed by atoms with Gasteiger partial charge in [0.1, 0.15) is 23.5 Å². The molecule has 3 aliphatic rings. The fourth-order valence-corrected chi connectivity index (χ4v) is 7.34. The van der Waals surface area contributed by atoms with E-state index in [9.17, 15) is 9.59 Å². The number of anilines is 1. The van der Waals surface area contributed by atoms with Crippen LogP contribution in [0, 0.1) is 24.7 Å². The van der Waals surface area contributed by atoms with E-state index in [4.69, 9.17) is 28.8 Å². The number of aryl methyl sites for hydroxylation is 1. The fourth-order valence-electron chi connectivity index (χ4n) is 7.34. The summed E-state index contributed by atoms with van der Waals surface area (Å²) in [5.74, 6) is 4.03. The highest BCUT2D eigenvalue weighted by atomic mass is 16.5. The van der Waals surface area contributed by atoms with Crippen molar-refractivity contribution in [1.82, 2.24) is 15.0 Å². The Hall–Kier alpha value is -3.75. The molecule has 6 rings (SSSR count). The Labute approximate surface area is 272 Å². The van der Waals surface area contributed by atoms with Crippen LogP contribution in [0.1, 0.15) is 113 Å². The van der Waals surface area contributed by atoms with Crippen molar-refractivity contribution in [3.63, 3.8) is 0 Å². The molecule has 3 heterocycles. The zero-order valence-electron chi connectivity index (χ0n) is 27.6. The Kier molecular flexibility index (Phi) is 10.3. The summed E-state index contributed by atoms with van der Waals surface area (Å²) in [4.78, 5) is 42.5. The molecule has 0 unspecified atom stereocenters. The summed E-state index contributed by atoms with van der Waals surface area (Å²) in [5.41, 5.74) is 3.78. The Bertz CT molecular complexity index is 1480. The van der Waals surface area contributed by atoms with Gasteiger partial charge in [-0.05, 0) is 121 Å². The van der Waals surface area contributed by atoms with Gasteiger partial charge in [0.2, 0.25) is 5.91 Å². The molecule has 0 spiro atoms. The van der Waals surface area contributed by atoms with Crippen LogP contribution in [0.2, 0.25) is 0 Å². The number of hydrogen-bond acceptors (Lipinski definition) is 8. The molecule has 246 valence electrons. The zero-order valence-corrected chi connectivity index (χ0v) is 27.6. The quantitative estimate of drug-likeness (QED) is 0.187. The SMILES string of the molecule is CCOC(=O)CCC1CCC(C(=O)N(CC2CCC(c3ccc(OC)c(C)n3)CC2)c2cc(-c3coc(C4CC4)n3)ccn2)CC1. The van der Waals surface area contributed by atoms with Crippen LogP contribution in [0.5, 0.6) is 5.75 Å². The van der Waals surface area contributed by atoms with Crippen molar-refractivity contribution < 1.29 is 23.5 Å². The van der Waals surface area contributed by atoms with Crippen molar-refractivity contribution >= 4 is 17.7 Å². The number of pyridine rings is 2. The van der Waals surface area contributed by atoms with Crippen LogP contribution in [-0.4, -0.2) is 47.1 Å². The number of hydrogen-bond donors (Lipinski definition) is 0. The van der Waals surface area contributed by atoms with Gasteiger partial charge in [-0.2, -0.15) is 0 Å². The van der Waals surface area contributed by atoms with Gasteiger partial charge in [0.15, 0.2) is 5.89 Å². The van der Waals surface area contributed by atoms with Crippen LogP contribution in [0.25, 0.3) is 11.3 Å². The average Bonchev–Trinajstić information content (AvgIpc) is 3.82. The van der Waals surface area contributed by atoms with E-state index < -0.39 is 0 Å². The Balaban J connectivity index is 1.15. The molecule has 0 aliphatic heterocycles. The summed E-state index contributed by atoms with van der Waals surface area (Å²) in [6, 6.07) is 8.08. The maximum absolute atomic E-state index is 14.3. The molecule has 0 atom stereocenters. The summed E-state index contributed by atoms with van der Waals surface area (Å²) in [6.07, 6.45) is 14.8. The van der Waals surface area contributed by atoms with E-state index in [2.05, 4.69) is 6.07 Å². The predicted molar refractivity (Wildman–Crippen MR) is 176 cm³/mol. The minimum Gasteiger partial charge on any atom is -0.495 e. The summed E-state index contributed by atoms with van der Waals surface area (Å²) >= 11 is 0. The molecule has 46 heavy (non-hydrogen) atoms. The second-order valence-corrected chi connectivity index (χ2v) is 13.5. The highest BCUT2D eigenvalue weighted by Crippen LogP contribution is 2.41. The molecule has 0 saturated heterocycles. The number of aromatic nitrogens is 3. The van der Waals surface area contributed by atoms with E-state index in [0.29, 0.717) is 49.1 Å². The van der Waals surface area contributed by atoms with E-state index in [1.54, 1.807) is 19.6 Å². The molecule has 3 aromatic heterocycles. The third kappa shape index (κ3) is 7.78. The van der Waals surface area contributed by atoms with Crippen LogP contribution < -0.4 is 9.64 Å². The van der Waals surface area contributed by atoms with E-state index in [1.165, 1.54) is 0 Å². The van der Waals surface area contributed by atoms with Crippen molar-refractivity contribution in [3.8, 4) is 17.0 Å². The molecule has 0 radical (unpaired) electrons. The van der Waals surface area contributed by atoms with Gasteiger partial charge in [-0.1, -0.05) is 0 Å². The minimum absolute atomic E-state index is 0.0411. The van der Waals surface area contributed by atoms with E-state index in [1.807, 2.05) is 36.9 Å². The van der Waals surface area contributed by atoms with Gasteiger partial charge in [-0.15, -0.1) is 0 Å². The van der Waals surface area contributed by atoms with Crippen molar-refractivity contribution in [3.05, 3.63) is 54.0 Å². The summed E-state index contributed by atoms with van der Waals surface area (Å²) < 4.78 is 16.3. The summed E-state index contributed by atoms with van der Waals surface area (Å²) in [5, 5.41) is 0. The number of rotatable bonds is 12. The number of methoxy groups -OCH3 is 1. The predicted octanol–water partition coefficient (Wildman–Crippen LogP) is 7.78. The Morgan fingerprint density at radius 2 is 1.67 bits per heavy atom. The van der Waals surface area contributed by atoms with Gasteiger partial charge in [-0.25, -0.2) is 9.97 Å². The third-order valence-electron chi connectivity index (χ3n) is 10.3. The van der Waals surface area contributed by atoms with E-state index in [-0.39, 0.29) is 17.8 Å². The van der Waals surface area contributed by atoms with Crippen LogP contribution in [0.3, 0.4) is 0 Å². The first-order valence-corrected chi connectivity index (χ1v) is 17.3. The number of ether oxygens (including phenoxy) is 2. The third-order valence-corrected chi connectivity index (χ3v) is 10.3. The molecule has 9 nitrogen and oxygen atoms in total. The molecule has 3 aromatic rings. The second-order valence-electron chi connectivity index (χ2n) is 13.5. The molecule has 3 aliphatic carbocycles. The molecule has 3 fully saturated rings. The monoisotopic (exact) mass is 628 g/mol. The lowest BCUT2D eigenvalue weighted by Crippen LogP contribution is -2.42. The first kappa shape index (κ1) is 32.2. The Morgan fingerprint density at radius 1 is 0.935 bits per heavy atom. The maximum Gasteiger partial charge on any atom is 0.305 e. The second kappa shape index (κ2) is 14.8. The highest BCUT2D eigenvalue weighted by molar-refractivity contribution is 5.94. The number of amides is 1. The molecule has 9 heteroatoms. The molecule has 0 N–H and O–H groups in total. The van der Waals surface area contributed by atoms with Crippen LogP contribution in [0.4, 0.5) is 5.82 Å². The van der Waals surface area contributed by atoms with Crippen LogP contribution >= 0.6 is 0 Å². The normalized spacial score (nSPS) is 23.1. The van der Waals surface area contributed by atoms with Gasteiger partial charge in [-0.3, -0.25) is 19.5 Å². The molecule has 0 bridgehead atoms. The number of carbonyl (C=O) groups is 2. The first-order chi connectivity index (χ1) is 22.4. The van der Waals surface area contributed by atoms with Crippen molar-refractivity contribution in [2.24, 2.45) is 17.8 Å². The van der Waals surface area contributed by atoms with Gasteiger partial charge in [0.05, 0.1) is 19.4 Å². The smallest absolute Gasteiger partial charge is 0.305 e. The summed E-state index contributed by atoms with van der Waals surface area (Å²) in [6.45, 7) is 4.92. The number of carbonyl (C=O) groups excluding carboxylic acids is 2. The Morgan fingerprint density at radius 3 is 2.37 bits per heavy atom. The number of esters is 1. The van der Waals surface area contributed by atoms with Crippen LogP contribution in [0.15, 0.2) is 41.1 Å². The van der Waals surface area contributed by atoms with E-state index in [0.717, 1.165) is 105 Å². The van der Waals surface area contributed by atoms with Gasteiger partial charge in [0, 0.05) is 48.2 Å². The minimum atomic E-state index is -0.123. The van der Waals surface area contributed by atoms with Gasteiger partial charge in [0.25, 0.3) is 0 Å². The fraction of sp³-hybridized carbons (Fsp3) is 0.595. The van der Waals surface area contributed by atoms with Gasteiger partial charge >= 0.3 is 5.97 Å². The van der Waals surface area contributed by atoms with Gasteiger partial charge < -0.3 is 13.9 Å². The first-order valence-electron chi connectivity index (χ1n) is 17.3. The van der Waals surface area contributed by atoms with Crippen molar-refractivity contribution in [2.75, 3.05) is 25.2 Å². The molecule has 1 amide bonds. The maximum atomic E-state index is 14.3. The lowest BCUT2D eigenvalue weighted by molar-refractivity contribution is -0.143. The highest BCUT2D eigenvalue weighted by Gasteiger charge is 2.34. The largest absolute Gasteiger partial charge is 0.495 e. The standard InChI is InChI=1S/C37H48N4O5/c1-4-45-35(42)18-9-25-5-12-29(13-6-25)37(43)41(34-21-30(19-20-38-34)32-23-46-36(40-32)28-14-15-28)22-26-7-10-27(11-8-26)31-16-17-33(44-3)24(2)39-31/h16-17,19-21,23,25-29H,4-15,18,22H2,1-3H3. The van der Waals surface area contributed by atoms with Crippen molar-refractivity contribution in [2.45, 2.75) is 103 Å². The molecule has 3 saturated carbocycles. The molecule has 0 aromatic carbocycles. The zero-order chi connectivity index (χ0) is 32.0. The molecular formula is C37H48N4O5. The van der Waals surface area contributed by atoms with E-state index >= 15 is 0 Å². The number of oxazole rings is 1. The molecular weight excluding hydrogens is 580 g/mol. The lowest BCUT2D eigenvalue weighted by atomic mass is 9.78. The van der Waals surface area contributed by atoms with Crippen molar-refractivity contribution in [1.29, 1.82) is 0 Å². The average molecular weight is 629 g/mol. The number of nitrogens with zero attached hydrogens (tertiary/aromatic N) is 4. The lowest BCUT2D eigenvalue weighted by Gasteiger charge is -2.35. The van der Waals surface area contributed by atoms with Crippen LogP contribution in [-0.2, 0) is 14.3 Å².